The van der Waals surface area contributed by atoms with Gasteiger partial charge in [0.05, 0.1) is 12.2 Å². The number of nitrogens with zero attached hydrogens (tertiary/aromatic N) is 2. The minimum absolute atomic E-state index is 0.112. The second-order valence-corrected chi connectivity index (χ2v) is 3.76. The quantitative estimate of drug-likeness (QED) is 0.751. The summed E-state index contributed by atoms with van der Waals surface area (Å²) in [6, 6.07) is 9.82. The fourth-order valence-corrected chi connectivity index (χ4v) is 1.92. The van der Waals surface area contributed by atoms with Crippen molar-refractivity contribution in [3.8, 4) is 0 Å². The third kappa shape index (κ3) is 1.39. The zero-order chi connectivity index (χ0) is 11.0. The van der Waals surface area contributed by atoms with E-state index in [1.165, 1.54) is 0 Å². The SMILES string of the molecule is O=C1NC(c2ccccc2)=CN2CCN=C12. The first-order chi connectivity index (χ1) is 7.84. The van der Waals surface area contributed by atoms with Crippen LogP contribution in [0.25, 0.3) is 5.70 Å². The maximum atomic E-state index is 11.7. The number of aliphatic imine (C=N–C) groups is 1. The minimum atomic E-state index is -0.112. The molecule has 1 N–H and O–H groups in total. The minimum Gasteiger partial charge on any atom is -0.325 e. The van der Waals surface area contributed by atoms with E-state index in [0.717, 1.165) is 17.8 Å². The van der Waals surface area contributed by atoms with Crippen molar-refractivity contribution in [2.45, 2.75) is 0 Å². The lowest BCUT2D eigenvalue weighted by Gasteiger charge is -2.23. The molecule has 1 aromatic rings. The van der Waals surface area contributed by atoms with E-state index >= 15 is 0 Å². The first-order valence-electron chi connectivity index (χ1n) is 5.24. The van der Waals surface area contributed by atoms with Crippen molar-refractivity contribution < 1.29 is 4.79 Å². The van der Waals surface area contributed by atoms with Gasteiger partial charge < -0.3 is 10.2 Å². The molecule has 0 fully saturated rings. The molecular weight excluding hydrogens is 202 g/mol. The van der Waals surface area contributed by atoms with Gasteiger partial charge in [0.2, 0.25) is 0 Å². The Balaban J connectivity index is 1.99. The number of carbonyl (C=O) groups is 1. The Kier molecular flexibility index (Phi) is 1.99. The van der Waals surface area contributed by atoms with Crippen molar-refractivity contribution in [1.29, 1.82) is 0 Å². The molecule has 2 aliphatic heterocycles. The van der Waals surface area contributed by atoms with E-state index in [4.69, 9.17) is 0 Å². The average molecular weight is 213 g/mol. The Morgan fingerprint density at radius 1 is 1.25 bits per heavy atom. The molecule has 0 radical (unpaired) electrons. The molecule has 2 aliphatic rings. The number of amides is 1. The molecule has 4 nitrogen and oxygen atoms in total. The van der Waals surface area contributed by atoms with Gasteiger partial charge in [0.25, 0.3) is 5.91 Å². The summed E-state index contributed by atoms with van der Waals surface area (Å²) < 4.78 is 0. The molecule has 3 rings (SSSR count). The van der Waals surface area contributed by atoms with Crippen molar-refractivity contribution in [1.82, 2.24) is 10.2 Å². The first kappa shape index (κ1) is 9.15. The van der Waals surface area contributed by atoms with E-state index in [-0.39, 0.29) is 5.91 Å². The van der Waals surface area contributed by atoms with E-state index in [1.807, 2.05) is 41.4 Å². The number of fused-ring (bicyclic) bond motifs is 1. The van der Waals surface area contributed by atoms with Gasteiger partial charge in [-0.3, -0.25) is 9.79 Å². The predicted octanol–water partition coefficient (Wildman–Crippen LogP) is 0.829. The van der Waals surface area contributed by atoms with Crippen molar-refractivity contribution in [3.05, 3.63) is 42.1 Å². The normalized spacial score (nSPS) is 18.8. The highest BCUT2D eigenvalue weighted by Gasteiger charge is 2.27. The molecule has 0 bridgehead atoms. The Morgan fingerprint density at radius 2 is 2.06 bits per heavy atom. The number of nitrogens with one attached hydrogen (secondary N) is 1. The summed E-state index contributed by atoms with van der Waals surface area (Å²) in [6.45, 7) is 1.49. The molecule has 0 saturated carbocycles. The first-order valence-corrected chi connectivity index (χ1v) is 5.24. The number of rotatable bonds is 1. The molecule has 0 unspecified atom stereocenters. The maximum absolute atomic E-state index is 11.7. The molecule has 0 atom stereocenters. The molecule has 16 heavy (non-hydrogen) atoms. The van der Waals surface area contributed by atoms with Crippen LogP contribution in [-0.2, 0) is 4.79 Å². The van der Waals surface area contributed by atoms with Crippen LogP contribution in [0.1, 0.15) is 5.56 Å². The van der Waals surface area contributed by atoms with Crippen LogP contribution in [0.5, 0.6) is 0 Å². The van der Waals surface area contributed by atoms with Gasteiger partial charge in [-0.2, -0.15) is 0 Å². The number of hydrogen-bond acceptors (Lipinski definition) is 3. The van der Waals surface area contributed by atoms with E-state index < -0.39 is 0 Å². The van der Waals surface area contributed by atoms with Gasteiger partial charge in [-0.25, -0.2) is 0 Å². The number of carbonyl (C=O) groups excluding carboxylic acids is 1. The fourth-order valence-electron chi connectivity index (χ4n) is 1.92. The smallest absolute Gasteiger partial charge is 0.291 e. The summed E-state index contributed by atoms with van der Waals surface area (Å²) in [5.74, 6) is 0.415. The second-order valence-electron chi connectivity index (χ2n) is 3.76. The monoisotopic (exact) mass is 213 g/mol. The fraction of sp³-hybridized carbons (Fsp3) is 0.167. The lowest BCUT2D eigenvalue weighted by molar-refractivity contribution is -0.114. The summed E-state index contributed by atoms with van der Waals surface area (Å²) >= 11 is 0. The molecule has 0 spiro atoms. The highest BCUT2D eigenvalue weighted by molar-refractivity contribution is 6.40. The number of amidine groups is 1. The standard InChI is InChI=1S/C12H11N3O/c16-12-11-13-6-7-15(11)8-10(14-12)9-4-2-1-3-5-9/h1-5,8H,6-7H2,(H,14,16). The Labute approximate surface area is 93.3 Å². The van der Waals surface area contributed by atoms with Crippen molar-refractivity contribution in [3.63, 3.8) is 0 Å². The number of hydrogen-bond donors (Lipinski definition) is 1. The number of benzene rings is 1. The summed E-state index contributed by atoms with van der Waals surface area (Å²) in [6.07, 6.45) is 1.95. The van der Waals surface area contributed by atoms with Crippen LogP contribution >= 0.6 is 0 Å². The van der Waals surface area contributed by atoms with E-state index in [9.17, 15) is 4.79 Å². The molecule has 0 saturated heterocycles. The molecule has 80 valence electrons. The molecular formula is C12H11N3O. The Hall–Kier alpha value is -2.10. The lowest BCUT2D eigenvalue weighted by atomic mass is 10.1. The summed E-state index contributed by atoms with van der Waals surface area (Å²) in [4.78, 5) is 17.8. The van der Waals surface area contributed by atoms with Crippen molar-refractivity contribution >= 4 is 17.4 Å². The average Bonchev–Trinajstić information content (AvgIpc) is 2.79. The summed E-state index contributed by atoms with van der Waals surface area (Å²) in [5, 5.41) is 2.85. The highest BCUT2D eigenvalue weighted by Crippen LogP contribution is 2.18. The largest absolute Gasteiger partial charge is 0.325 e. The van der Waals surface area contributed by atoms with Crippen LogP contribution in [0.4, 0.5) is 0 Å². The predicted molar refractivity (Wildman–Crippen MR) is 61.6 cm³/mol. The molecule has 2 heterocycles. The zero-order valence-corrected chi connectivity index (χ0v) is 8.68. The third-order valence-corrected chi connectivity index (χ3v) is 2.70. The topological polar surface area (TPSA) is 44.7 Å². The van der Waals surface area contributed by atoms with Gasteiger partial charge in [0.1, 0.15) is 0 Å². The van der Waals surface area contributed by atoms with Crippen LogP contribution in [0.15, 0.2) is 41.5 Å². The lowest BCUT2D eigenvalue weighted by Crippen LogP contribution is -2.42. The molecule has 1 amide bonds. The maximum Gasteiger partial charge on any atom is 0.291 e. The molecule has 0 aliphatic carbocycles. The second kappa shape index (κ2) is 3.48. The van der Waals surface area contributed by atoms with Crippen LogP contribution in [-0.4, -0.2) is 29.7 Å². The van der Waals surface area contributed by atoms with Gasteiger partial charge in [0.15, 0.2) is 5.84 Å². The molecule has 1 aromatic carbocycles. The van der Waals surface area contributed by atoms with Gasteiger partial charge in [0, 0.05) is 12.7 Å². The van der Waals surface area contributed by atoms with E-state index in [0.29, 0.717) is 12.4 Å². The Bertz CT molecular complexity index is 490. The van der Waals surface area contributed by atoms with Gasteiger partial charge in [-0.1, -0.05) is 30.3 Å². The van der Waals surface area contributed by atoms with Crippen LogP contribution < -0.4 is 5.32 Å². The molecule has 4 heteroatoms. The Morgan fingerprint density at radius 3 is 2.88 bits per heavy atom. The van der Waals surface area contributed by atoms with Gasteiger partial charge in [-0.05, 0) is 5.56 Å². The summed E-state index contributed by atoms with van der Waals surface area (Å²) in [7, 11) is 0. The van der Waals surface area contributed by atoms with Gasteiger partial charge in [-0.15, -0.1) is 0 Å². The van der Waals surface area contributed by atoms with E-state index in [1.54, 1.807) is 0 Å². The summed E-state index contributed by atoms with van der Waals surface area (Å²) in [5.41, 5.74) is 1.85. The van der Waals surface area contributed by atoms with Crippen molar-refractivity contribution in [2.24, 2.45) is 4.99 Å². The van der Waals surface area contributed by atoms with E-state index in [2.05, 4.69) is 10.3 Å². The zero-order valence-electron chi connectivity index (χ0n) is 8.68. The van der Waals surface area contributed by atoms with Gasteiger partial charge >= 0.3 is 0 Å². The highest BCUT2D eigenvalue weighted by atomic mass is 16.2. The third-order valence-electron chi connectivity index (χ3n) is 2.70. The van der Waals surface area contributed by atoms with Crippen LogP contribution in [0.3, 0.4) is 0 Å². The van der Waals surface area contributed by atoms with Crippen LogP contribution in [0, 0.1) is 0 Å². The van der Waals surface area contributed by atoms with Crippen molar-refractivity contribution in [2.75, 3.05) is 13.1 Å². The molecule has 0 aromatic heterocycles. The van der Waals surface area contributed by atoms with Crippen LogP contribution in [0.2, 0.25) is 0 Å².